The van der Waals surface area contributed by atoms with Crippen LogP contribution in [0.2, 0.25) is 0 Å². The van der Waals surface area contributed by atoms with Crippen LogP contribution < -0.4 is 20.1 Å². The standard InChI is InChI=1S/C11H14BrNO2.C11H13BrO2/c12-10-3-1-2-9(7-15-13)11(10)14-6-8-4-5-8;1-13-10-4-2-3-9(12)11(10)14-7-8-5-6-8/h1-3,8H,4-7,13H2;2-4,8H,5-7H2,1H3. The maximum absolute atomic E-state index is 5.76. The molecule has 0 bridgehead atoms. The molecule has 5 nitrogen and oxygen atoms in total. The quantitative estimate of drug-likeness (QED) is 0.412. The van der Waals surface area contributed by atoms with E-state index in [4.69, 9.17) is 20.1 Å². The Balaban J connectivity index is 0.000000166. The summed E-state index contributed by atoms with van der Waals surface area (Å²) >= 11 is 6.92. The van der Waals surface area contributed by atoms with Gasteiger partial charge in [-0.1, -0.05) is 18.2 Å². The third-order valence-electron chi connectivity index (χ3n) is 4.76. The molecule has 7 heteroatoms. The zero-order valence-corrected chi connectivity index (χ0v) is 19.7. The van der Waals surface area contributed by atoms with E-state index in [0.29, 0.717) is 6.61 Å². The second kappa shape index (κ2) is 11.2. The molecule has 0 unspecified atom stereocenters. The molecule has 2 fully saturated rings. The first-order valence-corrected chi connectivity index (χ1v) is 11.4. The van der Waals surface area contributed by atoms with Gasteiger partial charge in [0.15, 0.2) is 11.5 Å². The molecule has 0 radical (unpaired) electrons. The van der Waals surface area contributed by atoms with Gasteiger partial charge in [-0.2, -0.15) is 0 Å². The fourth-order valence-electron chi connectivity index (χ4n) is 2.68. The molecule has 2 N–H and O–H groups in total. The zero-order chi connectivity index (χ0) is 20.6. The summed E-state index contributed by atoms with van der Waals surface area (Å²) in [4.78, 5) is 4.65. The fraction of sp³-hybridized carbons (Fsp3) is 0.455. The van der Waals surface area contributed by atoms with Crippen molar-refractivity contribution < 1.29 is 19.0 Å². The number of hydrogen-bond donors (Lipinski definition) is 1. The maximum atomic E-state index is 5.76. The lowest BCUT2D eigenvalue weighted by Gasteiger charge is -2.12. The van der Waals surface area contributed by atoms with Crippen molar-refractivity contribution in [3.63, 3.8) is 0 Å². The minimum atomic E-state index is 0.374. The van der Waals surface area contributed by atoms with Crippen molar-refractivity contribution in [3.05, 3.63) is 50.9 Å². The van der Waals surface area contributed by atoms with E-state index in [-0.39, 0.29) is 0 Å². The van der Waals surface area contributed by atoms with E-state index in [0.717, 1.165) is 56.8 Å². The van der Waals surface area contributed by atoms with Crippen LogP contribution in [0, 0.1) is 11.8 Å². The predicted octanol–water partition coefficient (Wildman–Crippen LogP) is 5.87. The van der Waals surface area contributed by atoms with Gasteiger partial charge in [0.2, 0.25) is 0 Å². The number of rotatable bonds is 9. The Hall–Kier alpha value is -1.28. The summed E-state index contributed by atoms with van der Waals surface area (Å²) in [5, 5.41) is 0. The monoisotopic (exact) mass is 527 g/mol. The lowest BCUT2D eigenvalue weighted by atomic mass is 10.2. The van der Waals surface area contributed by atoms with E-state index < -0.39 is 0 Å². The summed E-state index contributed by atoms with van der Waals surface area (Å²) in [5.74, 6) is 9.04. The highest BCUT2D eigenvalue weighted by atomic mass is 79.9. The number of ether oxygens (including phenoxy) is 3. The Morgan fingerprint density at radius 1 is 0.862 bits per heavy atom. The van der Waals surface area contributed by atoms with Crippen LogP contribution in [0.5, 0.6) is 17.2 Å². The molecule has 0 spiro atoms. The molecule has 0 heterocycles. The smallest absolute Gasteiger partial charge is 0.175 e. The van der Waals surface area contributed by atoms with Gasteiger partial charge in [0.25, 0.3) is 0 Å². The van der Waals surface area contributed by atoms with E-state index in [2.05, 4.69) is 36.7 Å². The molecule has 0 atom stereocenters. The molecule has 0 aliphatic heterocycles. The number of benzene rings is 2. The first kappa shape index (κ1) is 22.4. The van der Waals surface area contributed by atoms with Crippen LogP contribution in [0.4, 0.5) is 0 Å². The van der Waals surface area contributed by atoms with E-state index >= 15 is 0 Å². The summed E-state index contributed by atoms with van der Waals surface area (Å²) in [6, 6.07) is 11.7. The van der Waals surface area contributed by atoms with Gasteiger partial charge in [0, 0.05) is 5.56 Å². The first-order valence-electron chi connectivity index (χ1n) is 9.79. The summed E-state index contributed by atoms with van der Waals surface area (Å²) in [5.41, 5.74) is 0.979. The van der Waals surface area contributed by atoms with Crippen molar-refractivity contribution in [1.82, 2.24) is 0 Å². The SMILES string of the molecule is COc1cccc(Br)c1OCC1CC1.NOCc1cccc(Br)c1OCC1CC1. The Labute approximate surface area is 189 Å². The third-order valence-corrected chi connectivity index (χ3v) is 6.01. The van der Waals surface area contributed by atoms with E-state index in [1.54, 1.807) is 7.11 Å². The normalized spacial score (nSPS) is 15.3. The number of methoxy groups -OCH3 is 1. The highest BCUT2D eigenvalue weighted by Gasteiger charge is 2.23. The minimum absolute atomic E-state index is 0.374. The lowest BCUT2D eigenvalue weighted by molar-refractivity contribution is 0.121. The van der Waals surface area contributed by atoms with Crippen LogP contribution in [0.25, 0.3) is 0 Å². The van der Waals surface area contributed by atoms with Crippen LogP contribution in [0.15, 0.2) is 45.3 Å². The number of para-hydroxylation sites is 2. The molecule has 2 saturated carbocycles. The average molecular weight is 529 g/mol. The Morgan fingerprint density at radius 3 is 1.97 bits per heavy atom. The van der Waals surface area contributed by atoms with E-state index in [9.17, 15) is 0 Å². The van der Waals surface area contributed by atoms with Crippen molar-refractivity contribution in [1.29, 1.82) is 0 Å². The number of nitrogens with two attached hydrogens (primary N) is 1. The maximum Gasteiger partial charge on any atom is 0.175 e. The molecule has 158 valence electrons. The molecule has 29 heavy (non-hydrogen) atoms. The van der Waals surface area contributed by atoms with Crippen molar-refractivity contribution in [2.45, 2.75) is 32.3 Å². The molecule has 0 saturated heterocycles. The second-order valence-electron chi connectivity index (χ2n) is 7.32. The molecule has 2 aliphatic carbocycles. The molecular weight excluding hydrogens is 502 g/mol. The van der Waals surface area contributed by atoms with Gasteiger partial charge in [-0.15, -0.1) is 0 Å². The summed E-state index contributed by atoms with van der Waals surface area (Å²) in [7, 11) is 1.66. The topological polar surface area (TPSA) is 62.9 Å². The van der Waals surface area contributed by atoms with Crippen LogP contribution in [-0.2, 0) is 11.4 Å². The minimum Gasteiger partial charge on any atom is -0.493 e. The van der Waals surface area contributed by atoms with E-state index in [1.807, 2.05) is 36.4 Å². The highest BCUT2D eigenvalue weighted by Crippen LogP contribution is 2.37. The molecule has 0 amide bonds. The van der Waals surface area contributed by atoms with Crippen LogP contribution in [0.3, 0.4) is 0 Å². The average Bonchev–Trinajstić information content (AvgIpc) is 3.62. The Kier molecular flexibility index (Phi) is 8.66. The molecule has 2 aliphatic rings. The summed E-state index contributed by atoms with van der Waals surface area (Å²) in [6.07, 6.45) is 5.17. The van der Waals surface area contributed by atoms with Crippen LogP contribution in [-0.4, -0.2) is 20.3 Å². The van der Waals surface area contributed by atoms with Gasteiger partial charge in [0.05, 0.1) is 35.9 Å². The van der Waals surface area contributed by atoms with Crippen LogP contribution >= 0.6 is 31.9 Å². The van der Waals surface area contributed by atoms with Crippen molar-refractivity contribution in [2.75, 3.05) is 20.3 Å². The fourth-order valence-corrected chi connectivity index (χ4v) is 3.66. The molecular formula is C22H27Br2NO4. The van der Waals surface area contributed by atoms with Crippen molar-refractivity contribution >= 4 is 31.9 Å². The third kappa shape index (κ3) is 7.17. The summed E-state index contributed by atoms with van der Waals surface area (Å²) < 4.78 is 18.6. The molecule has 0 aromatic heterocycles. The van der Waals surface area contributed by atoms with Gasteiger partial charge < -0.3 is 14.2 Å². The molecule has 4 rings (SSSR count). The molecule has 2 aromatic carbocycles. The Morgan fingerprint density at radius 2 is 1.41 bits per heavy atom. The number of halogens is 2. The Bertz CT molecular complexity index is 794. The summed E-state index contributed by atoms with van der Waals surface area (Å²) in [6.45, 7) is 1.97. The number of hydrogen-bond acceptors (Lipinski definition) is 5. The van der Waals surface area contributed by atoms with Gasteiger partial charge in [-0.05, 0) is 87.6 Å². The highest BCUT2D eigenvalue weighted by molar-refractivity contribution is 9.10. The van der Waals surface area contributed by atoms with Gasteiger partial charge in [-0.3, -0.25) is 4.84 Å². The second-order valence-corrected chi connectivity index (χ2v) is 9.03. The predicted molar refractivity (Wildman–Crippen MR) is 120 cm³/mol. The molecule has 2 aromatic rings. The van der Waals surface area contributed by atoms with Crippen molar-refractivity contribution in [2.24, 2.45) is 17.7 Å². The van der Waals surface area contributed by atoms with E-state index in [1.165, 1.54) is 25.7 Å². The van der Waals surface area contributed by atoms with Crippen LogP contribution in [0.1, 0.15) is 31.2 Å². The first-order chi connectivity index (χ1) is 14.1. The van der Waals surface area contributed by atoms with Crippen molar-refractivity contribution in [3.8, 4) is 17.2 Å². The van der Waals surface area contributed by atoms with Gasteiger partial charge >= 0.3 is 0 Å². The largest absolute Gasteiger partial charge is 0.493 e. The van der Waals surface area contributed by atoms with Gasteiger partial charge in [-0.25, -0.2) is 5.90 Å². The lowest BCUT2D eigenvalue weighted by Crippen LogP contribution is -2.05. The zero-order valence-electron chi connectivity index (χ0n) is 16.5. The van der Waals surface area contributed by atoms with Gasteiger partial charge in [0.1, 0.15) is 5.75 Å².